The third kappa shape index (κ3) is 4.08. The Bertz CT molecular complexity index is 1590. The third-order valence-corrected chi connectivity index (χ3v) is 6.35. The van der Waals surface area contributed by atoms with Crippen LogP contribution in [0.15, 0.2) is 53.2 Å². The van der Waals surface area contributed by atoms with E-state index in [1.807, 2.05) is 55.5 Å². The van der Waals surface area contributed by atoms with Gasteiger partial charge >= 0.3 is 0 Å². The monoisotopic (exact) mass is 451 g/mol. The molecule has 5 rings (SSSR count). The fraction of sp³-hybridized carbons (Fsp3) is 0.154. The van der Waals surface area contributed by atoms with Crippen LogP contribution in [0.4, 0.5) is 11.4 Å². The van der Waals surface area contributed by atoms with Crippen LogP contribution < -0.4 is 5.32 Å². The normalized spacial score (nSPS) is 11.0. The van der Waals surface area contributed by atoms with Crippen molar-refractivity contribution in [3.8, 4) is 17.9 Å². The number of benzene rings is 1. The maximum atomic E-state index is 9.71. The summed E-state index contributed by atoms with van der Waals surface area (Å²) in [6.07, 6.45) is 3.54. The first-order chi connectivity index (χ1) is 16.0. The number of aryl methyl sites for hydroxylation is 1. The first-order valence-corrected chi connectivity index (χ1v) is 11.3. The Balaban J connectivity index is 1.51. The van der Waals surface area contributed by atoms with Crippen LogP contribution in [0.5, 0.6) is 0 Å². The molecule has 0 aliphatic heterocycles. The molecule has 4 heterocycles. The molecule has 0 atom stereocenters. The number of thiophene rings is 1. The minimum Gasteiger partial charge on any atom is -0.451 e. The lowest BCUT2D eigenvalue weighted by molar-refractivity contribution is 0.348. The Morgan fingerprint density at radius 1 is 1.15 bits per heavy atom. The van der Waals surface area contributed by atoms with Gasteiger partial charge < -0.3 is 19.6 Å². The Kier molecular flexibility index (Phi) is 5.35. The summed E-state index contributed by atoms with van der Waals surface area (Å²) in [5, 5.41) is 15.2. The second-order valence-corrected chi connectivity index (χ2v) is 9.07. The van der Waals surface area contributed by atoms with Crippen molar-refractivity contribution in [1.82, 2.24) is 14.9 Å². The number of aromatic amines is 1. The maximum Gasteiger partial charge on any atom is 0.177 e. The molecular formula is C26H21N5OS. The van der Waals surface area contributed by atoms with Gasteiger partial charge in [-0.05, 0) is 74.8 Å². The fourth-order valence-electron chi connectivity index (χ4n) is 3.79. The number of nitriles is 1. The summed E-state index contributed by atoms with van der Waals surface area (Å²) >= 11 is 1.50. The second kappa shape index (κ2) is 8.48. The lowest BCUT2D eigenvalue weighted by Crippen LogP contribution is -2.09. The molecule has 0 aliphatic rings. The van der Waals surface area contributed by atoms with Crippen LogP contribution in [-0.4, -0.2) is 29.0 Å². The molecule has 0 saturated heterocycles. The zero-order chi connectivity index (χ0) is 22.9. The highest BCUT2D eigenvalue weighted by atomic mass is 32.1. The van der Waals surface area contributed by atoms with E-state index in [1.165, 1.54) is 11.3 Å². The summed E-state index contributed by atoms with van der Waals surface area (Å²) in [6, 6.07) is 14.2. The molecular weight excluding hydrogens is 430 g/mol. The predicted molar refractivity (Wildman–Crippen MR) is 133 cm³/mol. The van der Waals surface area contributed by atoms with Crippen LogP contribution in [-0.2, 0) is 6.54 Å². The largest absolute Gasteiger partial charge is 0.451 e. The number of hydrogen-bond donors (Lipinski definition) is 2. The molecule has 0 bridgehead atoms. The van der Waals surface area contributed by atoms with E-state index in [0.29, 0.717) is 11.3 Å². The van der Waals surface area contributed by atoms with E-state index >= 15 is 0 Å². The number of aromatic nitrogens is 2. The number of hydrogen-bond acceptors (Lipinski definition) is 6. The minimum absolute atomic E-state index is 0.493. The van der Waals surface area contributed by atoms with E-state index in [2.05, 4.69) is 46.2 Å². The molecule has 0 spiro atoms. The van der Waals surface area contributed by atoms with Gasteiger partial charge in [-0.15, -0.1) is 11.3 Å². The first kappa shape index (κ1) is 20.8. The molecule has 4 aromatic heterocycles. The number of furan rings is 1. The van der Waals surface area contributed by atoms with Crippen molar-refractivity contribution in [2.75, 3.05) is 19.4 Å². The SMILES string of the molecule is Cc1c(Nc2c(C#N)cnc3sc(C#Cc4ccc(CN(C)C)o4)cc23)ccc2[nH]ccc12. The van der Waals surface area contributed by atoms with Crippen LogP contribution in [0, 0.1) is 30.1 Å². The molecule has 2 N–H and O–H groups in total. The molecule has 1 aromatic carbocycles. The summed E-state index contributed by atoms with van der Waals surface area (Å²) in [4.78, 5) is 11.5. The number of rotatable bonds is 4. The van der Waals surface area contributed by atoms with E-state index in [4.69, 9.17) is 4.42 Å². The molecule has 0 amide bonds. The first-order valence-electron chi connectivity index (χ1n) is 10.4. The van der Waals surface area contributed by atoms with E-state index in [1.54, 1.807) is 6.20 Å². The van der Waals surface area contributed by atoms with Gasteiger partial charge in [-0.1, -0.05) is 0 Å². The van der Waals surface area contributed by atoms with Gasteiger partial charge in [0.1, 0.15) is 16.7 Å². The minimum atomic E-state index is 0.493. The van der Waals surface area contributed by atoms with Crippen molar-refractivity contribution < 1.29 is 4.42 Å². The van der Waals surface area contributed by atoms with Gasteiger partial charge in [0.25, 0.3) is 0 Å². The fourth-order valence-corrected chi connectivity index (χ4v) is 4.65. The molecule has 0 saturated carbocycles. The summed E-state index contributed by atoms with van der Waals surface area (Å²) in [5.74, 6) is 7.79. The molecule has 6 nitrogen and oxygen atoms in total. The zero-order valence-electron chi connectivity index (χ0n) is 18.5. The molecule has 7 heteroatoms. The number of pyridine rings is 1. The molecule has 0 radical (unpaired) electrons. The van der Waals surface area contributed by atoms with Crippen molar-refractivity contribution in [2.45, 2.75) is 13.5 Å². The van der Waals surface area contributed by atoms with Gasteiger partial charge in [-0.25, -0.2) is 4.98 Å². The maximum absolute atomic E-state index is 9.71. The highest BCUT2D eigenvalue weighted by Gasteiger charge is 2.14. The summed E-state index contributed by atoms with van der Waals surface area (Å²) in [7, 11) is 3.99. The molecule has 0 unspecified atom stereocenters. The Morgan fingerprint density at radius 2 is 2.03 bits per heavy atom. The van der Waals surface area contributed by atoms with E-state index in [-0.39, 0.29) is 0 Å². The van der Waals surface area contributed by atoms with Gasteiger partial charge in [0.15, 0.2) is 5.76 Å². The van der Waals surface area contributed by atoms with Crippen molar-refractivity contribution in [3.63, 3.8) is 0 Å². The van der Waals surface area contributed by atoms with Gasteiger partial charge in [0.2, 0.25) is 0 Å². The van der Waals surface area contributed by atoms with Gasteiger partial charge in [0.05, 0.1) is 22.7 Å². The smallest absolute Gasteiger partial charge is 0.177 e. The quantitative estimate of drug-likeness (QED) is 0.340. The van der Waals surface area contributed by atoms with Gasteiger partial charge in [-0.2, -0.15) is 5.26 Å². The standard InChI is InChI=1S/C26H21N5OS/c1-16-21-10-11-28-24(21)9-8-23(16)30-25-17(13-27)14-29-26-22(25)12-20(33-26)7-6-18-4-5-19(32-18)15-31(2)3/h4-5,8-12,14,28H,15H2,1-3H3,(H,29,30). The van der Waals surface area contributed by atoms with Crippen molar-refractivity contribution in [3.05, 3.63) is 76.3 Å². The number of nitrogens with zero attached hydrogens (tertiary/aromatic N) is 3. The number of H-pyrrole nitrogens is 1. The van der Waals surface area contributed by atoms with E-state index in [9.17, 15) is 5.26 Å². The molecule has 0 fully saturated rings. The summed E-state index contributed by atoms with van der Waals surface area (Å²) in [5.41, 5.74) is 4.39. The molecule has 162 valence electrons. The predicted octanol–water partition coefficient (Wildman–Crippen LogP) is 5.76. The van der Waals surface area contributed by atoms with Crippen molar-refractivity contribution >= 4 is 43.8 Å². The third-order valence-electron chi connectivity index (χ3n) is 5.39. The van der Waals surface area contributed by atoms with Gasteiger partial charge in [-0.3, -0.25) is 0 Å². The van der Waals surface area contributed by atoms with E-state index in [0.717, 1.165) is 55.2 Å². The van der Waals surface area contributed by atoms with Crippen molar-refractivity contribution in [1.29, 1.82) is 5.26 Å². The summed E-state index contributed by atoms with van der Waals surface area (Å²) in [6.45, 7) is 2.80. The highest BCUT2D eigenvalue weighted by Crippen LogP contribution is 2.35. The lowest BCUT2D eigenvalue weighted by Gasteiger charge is -2.12. The Morgan fingerprint density at radius 3 is 2.85 bits per heavy atom. The van der Waals surface area contributed by atoms with Crippen LogP contribution in [0.3, 0.4) is 0 Å². The molecule has 33 heavy (non-hydrogen) atoms. The topological polar surface area (TPSA) is 80.9 Å². The molecule has 0 aliphatic carbocycles. The average Bonchev–Trinajstić information content (AvgIpc) is 3.53. The number of anilines is 2. The highest BCUT2D eigenvalue weighted by molar-refractivity contribution is 7.19. The molecule has 5 aromatic rings. The van der Waals surface area contributed by atoms with Crippen molar-refractivity contribution in [2.24, 2.45) is 0 Å². The van der Waals surface area contributed by atoms with E-state index < -0.39 is 0 Å². The van der Waals surface area contributed by atoms with Crippen LogP contribution in [0.25, 0.3) is 21.1 Å². The zero-order valence-corrected chi connectivity index (χ0v) is 19.3. The van der Waals surface area contributed by atoms with Crippen LogP contribution in [0.2, 0.25) is 0 Å². The lowest BCUT2D eigenvalue weighted by atomic mass is 10.1. The van der Waals surface area contributed by atoms with Gasteiger partial charge in [0, 0.05) is 34.4 Å². The summed E-state index contributed by atoms with van der Waals surface area (Å²) < 4.78 is 5.79. The Labute approximate surface area is 195 Å². The van der Waals surface area contributed by atoms with Crippen LogP contribution >= 0.6 is 11.3 Å². The average molecular weight is 452 g/mol. The Hall–Kier alpha value is -4.04. The second-order valence-electron chi connectivity index (χ2n) is 8.04. The number of nitrogens with one attached hydrogen (secondary N) is 2. The number of fused-ring (bicyclic) bond motifs is 2. The van der Waals surface area contributed by atoms with Crippen LogP contribution in [0.1, 0.15) is 27.5 Å².